The minimum Gasteiger partial charge on any atom is -0.457 e. The molecule has 0 spiro atoms. The van der Waals surface area contributed by atoms with Crippen LogP contribution in [0, 0.1) is 0 Å². The number of furan rings is 1. The Morgan fingerprint density at radius 3 is 2.70 bits per heavy atom. The van der Waals surface area contributed by atoms with Crippen LogP contribution in [0.3, 0.4) is 0 Å². The second-order valence-electron chi connectivity index (χ2n) is 8.26. The second-order valence-corrected chi connectivity index (χ2v) is 8.26. The van der Waals surface area contributed by atoms with E-state index in [0.717, 1.165) is 68.3 Å². The fourth-order valence-corrected chi connectivity index (χ4v) is 4.58. The van der Waals surface area contributed by atoms with Gasteiger partial charge in [0.05, 0.1) is 17.6 Å². The van der Waals surface area contributed by atoms with Crippen LogP contribution in [0.15, 0.2) is 83.4 Å². The first-order valence-corrected chi connectivity index (χ1v) is 11.2. The molecule has 160 valence electrons. The van der Waals surface area contributed by atoms with Crippen molar-refractivity contribution in [3.8, 4) is 22.4 Å². The van der Waals surface area contributed by atoms with Gasteiger partial charge in [-0.2, -0.15) is 5.10 Å². The van der Waals surface area contributed by atoms with Crippen molar-refractivity contribution >= 4 is 34.8 Å². The van der Waals surface area contributed by atoms with Gasteiger partial charge in [0, 0.05) is 21.7 Å². The van der Waals surface area contributed by atoms with E-state index < -0.39 is 0 Å². The molecule has 4 heteroatoms. The molecule has 2 aromatic carbocycles. The summed E-state index contributed by atoms with van der Waals surface area (Å²) in [4.78, 5) is 5.07. The molecule has 1 aliphatic rings. The van der Waals surface area contributed by atoms with Crippen LogP contribution in [-0.2, 0) is 0 Å². The van der Waals surface area contributed by atoms with Gasteiger partial charge in [-0.15, -0.1) is 0 Å². The lowest BCUT2D eigenvalue weighted by atomic mass is 10.0. The number of benzene rings is 2. The molecule has 0 fully saturated rings. The molecule has 3 aromatic heterocycles. The summed E-state index contributed by atoms with van der Waals surface area (Å²) < 4.78 is 7.88. The van der Waals surface area contributed by atoms with E-state index >= 15 is 0 Å². The van der Waals surface area contributed by atoms with Crippen molar-refractivity contribution in [1.82, 2.24) is 14.6 Å². The normalized spacial score (nSPS) is 14.3. The zero-order valence-corrected chi connectivity index (χ0v) is 18.5. The maximum absolute atomic E-state index is 5.94. The van der Waals surface area contributed by atoms with Gasteiger partial charge in [-0.1, -0.05) is 67.3 Å². The molecule has 0 bridgehead atoms. The molecule has 33 heavy (non-hydrogen) atoms. The molecular formula is C29H23N3O. The van der Waals surface area contributed by atoms with Gasteiger partial charge >= 0.3 is 0 Å². The van der Waals surface area contributed by atoms with Gasteiger partial charge < -0.3 is 4.42 Å². The van der Waals surface area contributed by atoms with Crippen LogP contribution in [0.5, 0.6) is 0 Å². The monoisotopic (exact) mass is 429 g/mol. The van der Waals surface area contributed by atoms with Gasteiger partial charge in [-0.05, 0) is 49.1 Å². The van der Waals surface area contributed by atoms with Crippen LogP contribution in [0.25, 0.3) is 57.2 Å². The third-order valence-electron chi connectivity index (χ3n) is 6.24. The molecule has 1 aliphatic carbocycles. The zero-order valence-electron chi connectivity index (χ0n) is 18.5. The van der Waals surface area contributed by atoms with Gasteiger partial charge in [-0.3, -0.25) is 0 Å². The second kappa shape index (κ2) is 7.75. The SMILES string of the molecule is C=c1oc2cc(-c3cnn4c(-c5ccccc5)cc(C5=CCCC=C5)nc34)ccc2/c1=C/C. The fourth-order valence-electron chi connectivity index (χ4n) is 4.58. The number of hydrogen-bond acceptors (Lipinski definition) is 3. The van der Waals surface area contributed by atoms with Crippen molar-refractivity contribution in [1.29, 1.82) is 0 Å². The zero-order chi connectivity index (χ0) is 22.4. The summed E-state index contributed by atoms with van der Waals surface area (Å²) in [6.45, 7) is 6.04. The Balaban J connectivity index is 1.61. The topological polar surface area (TPSA) is 43.3 Å². The summed E-state index contributed by atoms with van der Waals surface area (Å²) in [6.07, 6.45) is 12.7. The number of allylic oxidation sites excluding steroid dienone is 4. The van der Waals surface area contributed by atoms with Gasteiger partial charge in [0.25, 0.3) is 0 Å². The number of aromatic nitrogens is 3. The molecule has 0 saturated heterocycles. The van der Waals surface area contributed by atoms with Crippen LogP contribution in [0.2, 0.25) is 0 Å². The van der Waals surface area contributed by atoms with E-state index in [-0.39, 0.29) is 0 Å². The highest BCUT2D eigenvalue weighted by atomic mass is 16.3. The largest absolute Gasteiger partial charge is 0.457 e. The van der Waals surface area contributed by atoms with E-state index in [4.69, 9.17) is 14.5 Å². The third kappa shape index (κ3) is 3.23. The first-order valence-electron chi connectivity index (χ1n) is 11.2. The van der Waals surface area contributed by atoms with Crippen molar-refractivity contribution in [2.45, 2.75) is 19.8 Å². The maximum atomic E-state index is 5.94. The van der Waals surface area contributed by atoms with E-state index in [1.54, 1.807) is 0 Å². The van der Waals surface area contributed by atoms with Crippen molar-refractivity contribution in [2.24, 2.45) is 0 Å². The van der Waals surface area contributed by atoms with Crippen LogP contribution in [0.4, 0.5) is 0 Å². The Hall–Kier alpha value is -4.18. The summed E-state index contributed by atoms with van der Waals surface area (Å²) in [5, 5.41) is 6.85. The van der Waals surface area contributed by atoms with Crippen molar-refractivity contribution < 1.29 is 4.42 Å². The highest BCUT2D eigenvalue weighted by Gasteiger charge is 2.17. The summed E-state index contributed by atoms with van der Waals surface area (Å²) >= 11 is 0. The molecular weight excluding hydrogens is 406 g/mol. The number of hydrogen-bond donors (Lipinski definition) is 0. The van der Waals surface area contributed by atoms with Crippen molar-refractivity contribution in [3.63, 3.8) is 0 Å². The number of nitrogens with zero attached hydrogens (tertiary/aromatic N) is 3. The smallest absolute Gasteiger partial charge is 0.164 e. The molecule has 0 saturated carbocycles. The lowest BCUT2D eigenvalue weighted by Gasteiger charge is -2.12. The van der Waals surface area contributed by atoms with E-state index in [0.29, 0.717) is 5.42 Å². The third-order valence-corrected chi connectivity index (χ3v) is 6.24. The van der Waals surface area contributed by atoms with E-state index in [1.807, 2.05) is 29.8 Å². The van der Waals surface area contributed by atoms with Crippen LogP contribution < -0.4 is 10.6 Å². The lowest BCUT2D eigenvalue weighted by molar-refractivity contribution is 0.577. The molecule has 0 amide bonds. The summed E-state index contributed by atoms with van der Waals surface area (Å²) in [6, 6.07) is 18.7. The Morgan fingerprint density at radius 1 is 1.03 bits per heavy atom. The van der Waals surface area contributed by atoms with Crippen LogP contribution >= 0.6 is 0 Å². The predicted molar refractivity (Wildman–Crippen MR) is 135 cm³/mol. The standard InChI is InChI=1S/C29H23N3O/c1-3-23-19(2)33-28-16-22(14-15-24(23)28)25-18-30-32-27(21-12-8-5-9-13-21)17-26(31-29(25)32)20-10-6-4-7-11-20/h3,5-6,8-18H,2,4,7H2,1H3/b23-3+. The quantitative estimate of drug-likeness (QED) is 0.367. The minimum atomic E-state index is 0.687. The Kier molecular flexibility index (Phi) is 4.58. The summed E-state index contributed by atoms with van der Waals surface area (Å²) in [5.41, 5.74) is 8.56. The maximum Gasteiger partial charge on any atom is 0.164 e. The highest BCUT2D eigenvalue weighted by Crippen LogP contribution is 2.32. The van der Waals surface area contributed by atoms with Crippen LogP contribution in [0.1, 0.15) is 25.5 Å². The molecule has 0 aliphatic heterocycles. The molecule has 5 aromatic rings. The molecule has 0 radical (unpaired) electrons. The first kappa shape index (κ1) is 19.5. The number of fused-ring (bicyclic) bond motifs is 2. The average Bonchev–Trinajstić information content (AvgIpc) is 3.43. The van der Waals surface area contributed by atoms with Gasteiger partial charge in [0.1, 0.15) is 11.0 Å². The van der Waals surface area contributed by atoms with E-state index in [2.05, 4.69) is 73.3 Å². The Bertz CT molecular complexity index is 1680. The highest BCUT2D eigenvalue weighted by molar-refractivity contribution is 5.88. The van der Waals surface area contributed by atoms with Gasteiger partial charge in [-0.25, -0.2) is 9.50 Å². The Morgan fingerprint density at radius 2 is 1.91 bits per heavy atom. The van der Waals surface area contributed by atoms with E-state index in [9.17, 15) is 0 Å². The van der Waals surface area contributed by atoms with Crippen molar-refractivity contribution in [2.75, 3.05) is 0 Å². The molecule has 4 nitrogen and oxygen atoms in total. The van der Waals surface area contributed by atoms with Crippen LogP contribution in [-0.4, -0.2) is 14.6 Å². The molecule has 3 heterocycles. The lowest BCUT2D eigenvalue weighted by Crippen LogP contribution is -2.16. The fraction of sp³-hybridized carbons (Fsp3) is 0.103. The predicted octanol–water partition coefficient (Wildman–Crippen LogP) is 5.75. The summed E-state index contributed by atoms with van der Waals surface area (Å²) in [7, 11) is 0. The van der Waals surface area contributed by atoms with E-state index in [1.165, 1.54) is 0 Å². The van der Waals surface area contributed by atoms with Crippen molar-refractivity contribution in [3.05, 3.63) is 95.4 Å². The average molecular weight is 430 g/mol. The minimum absolute atomic E-state index is 0.687. The Labute approximate surface area is 191 Å². The van der Waals surface area contributed by atoms with Gasteiger partial charge in [0.15, 0.2) is 5.65 Å². The number of rotatable bonds is 3. The van der Waals surface area contributed by atoms with Gasteiger partial charge in [0.2, 0.25) is 0 Å². The first-order chi connectivity index (χ1) is 16.2. The summed E-state index contributed by atoms with van der Waals surface area (Å²) in [5.74, 6) is 0. The molecule has 6 rings (SSSR count). The molecule has 0 unspecified atom stereocenters. The molecule has 0 atom stereocenters. The molecule has 0 N–H and O–H groups in total.